The number of benzene rings is 4. The van der Waals surface area contributed by atoms with Crippen molar-refractivity contribution in [2.75, 3.05) is 21.3 Å². The molecule has 64 heavy (non-hydrogen) atoms. The van der Waals surface area contributed by atoms with E-state index in [1.54, 1.807) is 0 Å². The van der Waals surface area contributed by atoms with Crippen molar-refractivity contribution in [3.05, 3.63) is 212 Å². The molecule has 4 aromatic heterocycles. The van der Waals surface area contributed by atoms with Crippen molar-refractivity contribution in [1.82, 2.24) is 19.9 Å². The molecule has 316 valence electrons. The summed E-state index contributed by atoms with van der Waals surface area (Å²) in [5.41, 5.74) is 13.4. The second-order valence-corrected chi connectivity index (χ2v) is 15.7. The van der Waals surface area contributed by atoms with Gasteiger partial charge in [0.2, 0.25) is 23.6 Å². The van der Waals surface area contributed by atoms with Crippen molar-refractivity contribution >= 4 is 68.7 Å². The average Bonchev–Trinajstić information content (AvgIpc) is 4.11. The zero-order valence-corrected chi connectivity index (χ0v) is 35.5. The molecule has 8 N–H and O–H groups in total. The van der Waals surface area contributed by atoms with Crippen LogP contribution in [0.15, 0.2) is 146 Å². The number of hydrogen-bond acceptors (Lipinski definition) is 4. The number of fused-ring (bicyclic) bond motifs is 8. The largest absolute Gasteiger partial charge is 0.354 e. The van der Waals surface area contributed by atoms with Crippen LogP contribution in [0.5, 0.6) is 0 Å². The van der Waals surface area contributed by atoms with Crippen molar-refractivity contribution < 1.29 is 19.2 Å². The van der Waals surface area contributed by atoms with E-state index in [2.05, 4.69) is 89.7 Å². The summed E-state index contributed by atoms with van der Waals surface area (Å²) >= 11 is 0. The van der Waals surface area contributed by atoms with Crippen LogP contribution >= 0.6 is 0 Å². The molecular weight excluding hydrogens is 801 g/mol. The Hall–Kier alpha value is -8.64. The highest BCUT2D eigenvalue weighted by molar-refractivity contribution is 5.92. The van der Waals surface area contributed by atoms with Crippen molar-refractivity contribution in [1.29, 1.82) is 0 Å². The normalized spacial score (nSPS) is 12.2. The molecule has 1 aliphatic heterocycles. The molecule has 12 nitrogen and oxygen atoms in total. The molecule has 0 aliphatic carbocycles. The van der Waals surface area contributed by atoms with Gasteiger partial charge in [-0.1, -0.05) is 48.5 Å². The summed E-state index contributed by atoms with van der Waals surface area (Å²) in [6, 6.07) is 47.6. The number of carbonyl (C=O) groups is 4. The lowest BCUT2D eigenvalue weighted by Crippen LogP contribution is -2.19. The molecule has 0 radical (unpaired) electrons. The summed E-state index contributed by atoms with van der Waals surface area (Å²) in [5.74, 6) is -0.615. The maximum atomic E-state index is 11.9. The van der Waals surface area contributed by atoms with Crippen LogP contribution in [-0.2, 0) is 19.2 Å². The summed E-state index contributed by atoms with van der Waals surface area (Å²) in [4.78, 5) is 62.8. The van der Waals surface area contributed by atoms with Crippen LogP contribution < -0.4 is 42.7 Å². The maximum absolute atomic E-state index is 11.9. The summed E-state index contributed by atoms with van der Waals surface area (Å²) in [5, 5.41) is 14.9. The summed E-state index contributed by atoms with van der Waals surface area (Å²) in [6.07, 6.45) is 0. The van der Waals surface area contributed by atoms with Gasteiger partial charge in [0.25, 0.3) is 0 Å². The first-order valence-electron chi connectivity index (χ1n) is 20.7. The Morgan fingerprint density at radius 3 is 0.672 bits per heavy atom. The fraction of sp³-hybridized carbons (Fsp3) is 0.0769. The highest BCUT2D eigenvalue weighted by Gasteiger charge is 2.19. The van der Waals surface area contributed by atoms with E-state index in [1.807, 2.05) is 97.1 Å². The fourth-order valence-corrected chi connectivity index (χ4v) is 8.27. The molecule has 0 atom stereocenters. The van der Waals surface area contributed by atoms with E-state index in [0.717, 1.165) is 88.7 Å². The van der Waals surface area contributed by atoms with Gasteiger partial charge >= 0.3 is 0 Å². The molecule has 12 heteroatoms. The van der Waals surface area contributed by atoms with E-state index < -0.39 is 0 Å². The summed E-state index contributed by atoms with van der Waals surface area (Å²) in [7, 11) is 0. The molecule has 0 fully saturated rings. The molecule has 0 saturated carbocycles. The quantitative estimate of drug-likeness (QED) is 0.0918. The molecule has 0 saturated heterocycles. The van der Waals surface area contributed by atoms with Gasteiger partial charge in [0, 0.05) is 117 Å². The Labute approximate surface area is 367 Å². The van der Waals surface area contributed by atoms with E-state index >= 15 is 0 Å². The smallest absolute Gasteiger partial charge is 0.221 e. The molecule has 0 spiro atoms. The molecule has 4 amide bonds. The van der Waals surface area contributed by atoms with Gasteiger partial charge in [-0.2, -0.15) is 0 Å². The Balaban J connectivity index is 1.35. The van der Waals surface area contributed by atoms with Crippen LogP contribution in [0.1, 0.15) is 72.7 Å². The van der Waals surface area contributed by atoms with E-state index in [9.17, 15) is 19.2 Å². The third kappa shape index (κ3) is 8.48. The lowest BCUT2D eigenvalue weighted by Gasteiger charge is -2.11. The van der Waals surface area contributed by atoms with E-state index in [1.165, 1.54) is 27.7 Å². The van der Waals surface area contributed by atoms with E-state index in [0.29, 0.717) is 22.7 Å². The Bertz CT molecular complexity index is 2920. The first-order chi connectivity index (χ1) is 30.9. The fourth-order valence-electron chi connectivity index (χ4n) is 8.27. The zero-order valence-electron chi connectivity index (χ0n) is 35.5. The molecule has 0 unspecified atom stereocenters. The lowest BCUT2D eigenvalue weighted by molar-refractivity contribution is -0.115. The average molecular weight is 845 g/mol. The minimum Gasteiger partial charge on any atom is -0.354 e. The number of carbonyl (C=O) groups excluding carboxylic acids is 4. The number of amides is 4. The third-order valence-electron chi connectivity index (χ3n) is 10.9. The van der Waals surface area contributed by atoms with Gasteiger partial charge in [0.05, 0.1) is 0 Å². The number of aromatic nitrogens is 4. The number of H-pyrrole nitrogens is 4. The summed E-state index contributed by atoms with van der Waals surface area (Å²) < 4.78 is 0. The van der Waals surface area contributed by atoms with Crippen LogP contribution in [-0.4, -0.2) is 43.6 Å². The molecular formula is C52H44N8O4. The van der Waals surface area contributed by atoms with Gasteiger partial charge in [-0.15, -0.1) is 0 Å². The van der Waals surface area contributed by atoms with Crippen molar-refractivity contribution in [3.63, 3.8) is 0 Å². The monoisotopic (exact) mass is 844 g/mol. The van der Waals surface area contributed by atoms with Crippen LogP contribution in [0.25, 0.3) is 22.3 Å². The van der Waals surface area contributed by atoms with Crippen LogP contribution in [0.2, 0.25) is 0 Å². The first kappa shape index (κ1) is 40.7. The molecule has 4 aromatic carbocycles. The number of aromatic amines is 4. The SMILES string of the molecule is CC(=O)Nc1ccc(C2=c3ccc([nH]3)=C(c3ccc(NC(C)=O)cc3)c3ccc([nH]3)C(c3ccc(NC(C)=O)cc3)=c3ccc([nH]3)=C(c3ccc(NC(C)=O)cc3)c3ccc2[nH]3)cc1. The number of hydrogen-bond donors (Lipinski definition) is 8. The van der Waals surface area contributed by atoms with Gasteiger partial charge < -0.3 is 41.2 Å². The molecule has 1 aliphatic rings. The molecule has 5 heterocycles. The van der Waals surface area contributed by atoms with Crippen molar-refractivity contribution in [2.24, 2.45) is 0 Å². The van der Waals surface area contributed by atoms with Crippen molar-refractivity contribution in [3.8, 4) is 0 Å². The molecule has 8 aromatic rings. The van der Waals surface area contributed by atoms with Gasteiger partial charge in [-0.05, 0) is 119 Å². The second-order valence-electron chi connectivity index (χ2n) is 15.7. The highest BCUT2D eigenvalue weighted by atomic mass is 16.2. The zero-order chi connectivity index (χ0) is 44.5. The maximum Gasteiger partial charge on any atom is 0.221 e. The predicted molar refractivity (Wildman–Crippen MR) is 251 cm³/mol. The van der Waals surface area contributed by atoms with Gasteiger partial charge in [-0.3, -0.25) is 19.2 Å². The van der Waals surface area contributed by atoms with E-state index in [-0.39, 0.29) is 23.6 Å². The third-order valence-corrected chi connectivity index (χ3v) is 10.9. The number of nitrogens with one attached hydrogen (secondary N) is 8. The molecule has 8 bridgehead atoms. The number of rotatable bonds is 8. The summed E-state index contributed by atoms with van der Waals surface area (Å²) in [6.45, 7) is 5.94. The number of anilines is 4. The van der Waals surface area contributed by atoms with E-state index in [4.69, 9.17) is 0 Å². The van der Waals surface area contributed by atoms with Gasteiger partial charge in [-0.25, -0.2) is 0 Å². The van der Waals surface area contributed by atoms with Crippen LogP contribution in [0, 0.1) is 0 Å². The van der Waals surface area contributed by atoms with Gasteiger partial charge in [0.15, 0.2) is 0 Å². The Morgan fingerprint density at radius 1 is 0.281 bits per heavy atom. The van der Waals surface area contributed by atoms with Crippen LogP contribution in [0.4, 0.5) is 22.7 Å². The lowest BCUT2D eigenvalue weighted by atomic mass is 10.0. The molecule has 9 rings (SSSR count). The van der Waals surface area contributed by atoms with Crippen LogP contribution in [0.3, 0.4) is 0 Å². The van der Waals surface area contributed by atoms with Crippen molar-refractivity contribution in [2.45, 2.75) is 27.7 Å². The van der Waals surface area contributed by atoms with Gasteiger partial charge in [0.1, 0.15) is 0 Å². The predicted octanol–water partition coefficient (Wildman–Crippen LogP) is 6.14. The Morgan fingerprint density at radius 2 is 0.484 bits per heavy atom. The Kier molecular flexibility index (Phi) is 10.8. The minimum atomic E-state index is -0.154. The first-order valence-corrected chi connectivity index (χ1v) is 20.7. The topological polar surface area (TPSA) is 180 Å². The highest BCUT2D eigenvalue weighted by Crippen LogP contribution is 2.29. The second kappa shape index (κ2) is 17.0. The standard InChI is InChI=1S/C52H44N8O4/c1-29(61)53-37-13-5-33(6-14-37)49-41-21-23-43(57-41)50(34-7-15-38(16-8-34)54-30(2)62)45-25-27-47(59-45)52(36-11-19-40(20-12-36)56-32(4)64)48-28-26-46(60-48)51(44-24-22-42(49)58-44)35-9-17-39(18-10-35)55-31(3)63/h5-28,57-60H,1-4H3,(H,53,61)(H,54,62)(H,55,63)(H,56,64). The minimum absolute atomic E-state index is 0.154.